The molecule has 28 heavy (non-hydrogen) atoms. The van der Waals surface area contributed by atoms with E-state index in [9.17, 15) is 24.0 Å². The van der Waals surface area contributed by atoms with E-state index in [1.54, 1.807) is 0 Å². The van der Waals surface area contributed by atoms with Crippen molar-refractivity contribution in [1.29, 1.82) is 0 Å². The van der Waals surface area contributed by atoms with E-state index in [0.717, 1.165) is 51.4 Å². The minimum absolute atomic E-state index is 0.109. The summed E-state index contributed by atoms with van der Waals surface area (Å²) in [6.07, 6.45) is 11.9. The topological polar surface area (TPSA) is 101 Å². The van der Waals surface area contributed by atoms with E-state index >= 15 is 0 Å². The summed E-state index contributed by atoms with van der Waals surface area (Å²) in [6.45, 7) is 0.495. The monoisotopic (exact) mass is 392 g/mol. The third-order valence-corrected chi connectivity index (χ3v) is 4.86. The van der Waals surface area contributed by atoms with E-state index in [2.05, 4.69) is 0 Å². The number of rotatable bonds is 13. The number of amides is 4. The van der Waals surface area contributed by atoms with Crippen LogP contribution >= 0.6 is 0 Å². The van der Waals surface area contributed by atoms with Crippen molar-refractivity contribution in [1.82, 2.24) is 9.96 Å². The van der Waals surface area contributed by atoms with Gasteiger partial charge in [0.2, 0.25) is 0 Å². The van der Waals surface area contributed by atoms with Gasteiger partial charge in [-0.2, -0.15) is 0 Å². The highest BCUT2D eigenvalue weighted by molar-refractivity contribution is 6.12. The molecule has 0 spiro atoms. The molecule has 0 aliphatic carbocycles. The van der Waals surface area contributed by atoms with Gasteiger partial charge < -0.3 is 4.84 Å². The van der Waals surface area contributed by atoms with Crippen molar-refractivity contribution in [3.05, 3.63) is 12.2 Å². The average Bonchev–Trinajstić information content (AvgIpc) is 3.15. The zero-order valence-electron chi connectivity index (χ0n) is 16.2. The van der Waals surface area contributed by atoms with Gasteiger partial charge in [0.1, 0.15) is 0 Å². The van der Waals surface area contributed by atoms with Crippen LogP contribution in [0, 0.1) is 0 Å². The molecule has 0 radical (unpaired) electrons. The molecule has 2 aliphatic rings. The van der Waals surface area contributed by atoms with Crippen LogP contribution in [0.4, 0.5) is 0 Å². The van der Waals surface area contributed by atoms with Gasteiger partial charge in [-0.3, -0.25) is 24.1 Å². The number of carbonyl (C=O) groups is 5. The molecule has 1 saturated heterocycles. The van der Waals surface area contributed by atoms with Crippen molar-refractivity contribution in [2.24, 2.45) is 0 Å². The van der Waals surface area contributed by atoms with Gasteiger partial charge in [0.25, 0.3) is 23.6 Å². The van der Waals surface area contributed by atoms with Gasteiger partial charge in [0.15, 0.2) is 0 Å². The normalized spacial score (nSPS) is 16.6. The number of hydrogen-bond donors (Lipinski definition) is 0. The molecule has 2 aliphatic heterocycles. The van der Waals surface area contributed by atoms with Crippen LogP contribution in [0.5, 0.6) is 0 Å². The third-order valence-electron chi connectivity index (χ3n) is 4.86. The molecule has 1 fully saturated rings. The second kappa shape index (κ2) is 11.4. The Balaban J connectivity index is 1.37. The van der Waals surface area contributed by atoms with Crippen LogP contribution in [0.25, 0.3) is 0 Å². The van der Waals surface area contributed by atoms with E-state index in [1.165, 1.54) is 17.1 Å². The van der Waals surface area contributed by atoms with E-state index in [4.69, 9.17) is 4.84 Å². The second-order valence-corrected chi connectivity index (χ2v) is 7.14. The molecule has 8 nitrogen and oxygen atoms in total. The van der Waals surface area contributed by atoms with Crippen molar-refractivity contribution in [3.8, 4) is 0 Å². The maximum Gasteiger partial charge on any atom is 0.333 e. The first-order chi connectivity index (χ1) is 13.5. The molecular formula is C20H28N2O6. The molecular weight excluding hydrogens is 364 g/mol. The largest absolute Gasteiger partial charge is 0.333 e. The van der Waals surface area contributed by atoms with Crippen LogP contribution < -0.4 is 0 Å². The average molecular weight is 392 g/mol. The lowest BCUT2D eigenvalue weighted by Gasteiger charge is -2.13. The molecule has 0 saturated carbocycles. The maximum absolute atomic E-state index is 11.6. The van der Waals surface area contributed by atoms with Crippen LogP contribution in [0.15, 0.2) is 12.2 Å². The van der Waals surface area contributed by atoms with Gasteiger partial charge in [-0.05, 0) is 12.8 Å². The minimum atomic E-state index is -0.534. The molecule has 0 aromatic heterocycles. The highest BCUT2D eigenvalue weighted by Gasteiger charge is 2.32. The zero-order valence-corrected chi connectivity index (χ0v) is 16.2. The van der Waals surface area contributed by atoms with Gasteiger partial charge in [0.05, 0.1) is 0 Å². The molecule has 0 aromatic rings. The van der Waals surface area contributed by atoms with Crippen molar-refractivity contribution in [2.45, 2.75) is 77.0 Å². The van der Waals surface area contributed by atoms with Crippen LogP contribution in [0.3, 0.4) is 0 Å². The fraction of sp³-hybridized carbons (Fsp3) is 0.650. The summed E-state index contributed by atoms with van der Waals surface area (Å²) in [4.78, 5) is 63.2. The van der Waals surface area contributed by atoms with E-state index in [-0.39, 0.29) is 31.1 Å². The van der Waals surface area contributed by atoms with Gasteiger partial charge in [-0.1, -0.05) is 44.9 Å². The first kappa shape index (κ1) is 21.8. The Morgan fingerprint density at radius 2 is 1.21 bits per heavy atom. The fourth-order valence-corrected chi connectivity index (χ4v) is 3.23. The van der Waals surface area contributed by atoms with Crippen molar-refractivity contribution < 1.29 is 28.8 Å². The van der Waals surface area contributed by atoms with Crippen molar-refractivity contribution >= 4 is 29.6 Å². The lowest BCUT2D eigenvalue weighted by atomic mass is 10.1. The summed E-state index contributed by atoms with van der Waals surface area (Å²) in [5.41, 5.74) is 0. The molecule has 8 heteroatoms. The predicted molar refractivity (Wildman–Crippen MR) is 99.2 cm³/mol. The molecule has 0 unspecified atom stereocenters. The van der Waals surface area contributed by atoms with Crippen LogP contribution in [0.2, 0.25) is 0 Å². The highest BCUT2D eigenvalue weighted by atomic mass is 16.7. The Labute approximate surface area is 164 Å². The van der Waals surface area contributed by atoms with Gasteiger partial charge in [0, 0.05) is 38.0 Å². The summed E-state index contributed by atoms with van der Waals surface area (Å²) in [7, 11) is 0. The smallest absolute Gasteiger partial charge is 0.330 e. The lowest BCUT2D eigenvalue weighted by molar-refractivity contribution is -0.197. The van der Waals surface area contributed by atoms with Crippen molar-refractivity contribution in [3.63, 3.8) is 0 Å². The Morgan fingerprint density at radius 1 is 0.750 bits per heavy atom. The summed E-state index contributed by atoms with van der Waals surface area (Å²) >= 11 is 0. The Morgan fingerprint density at radius 3 is 1.75 bits per heavy atom. The molecule has 2 rings (SSSR count). The number of hydroxylamine groups is 2. The third kappa shape index (κ3) is 6.90. The van der Waals surface area contributed by atoms with Gasteiger partial charge >= 0.3 is 5.97 Å². The van der Waals surface area contributed by atoms with Crippen LogP contribution in [-0.2, 0) is 28.8 Å². The molecule has 0 bridgehead atoms. The maximum atomic E-state index is 11.6. The summed E-state index contributed by atoms with van der Waals surface area (Å²) in [5, 5.41) is 0.592. The first-order valence-corrected chi connectivity index (χ1v) is 10.1. The minimum Gasteiger partial charge on any atom is -0.330 e. The van der Waals surface area contributed by atoms with Crippen LogP contribution in [-0.4, -0.2) is 46.1 Å². The number of unbranched alkanes of at least 4 members (excludes halogenated alkanes) is 8. The summed E-state index contributed by atoms with van der Waals surface area (Å²) in [6, 6.07) is 0. The molecule has 0 aromatic carbocycles. The Hall–Kier alpha value is -2.51. The van der Waals surface area contributed by atoms with E-state index < -0.39 is 17.8 Å². The summed E-state index contributed by atoms with van der Waals surface area (Å²) in [5.74, 6) is -1.86. The van der Waals surface area contributed by atoms with Crippen LogP contribution in [0.1, 0.15) is 77.0 Å². The number of carbonyl (C=O) groups excluding carboxylic acids is 5. The van der Waals surface area contributed by atoms with E-state index in [1.807, 2.05) is 0 Å². The summed E-state index contributed by atoms with van der Waals surface area (Å²) < 4.78 is 0. The lowest BCUT2D eigenvalue weighted by Crippen LogP contribution is -2.31. The first-order valence-electron chi connectivity index (χ1n) is 10.1. The number of imide groups is 2. The quantitative estimate of drug-likeness (QED) is 0.352. The Bertz CT molecular complexity index is 609. The molecule has 0 N–H and O–H groups in total. The van der Waals surface area contributed by atoms with Gasteiger partial charge in [-0.25, -0.2) is 4.79 Å². The molecule has 2 heterocycles. The fourth-order valence-electron chi connectivity index (χ4n) is 3.23. The highest BCUT2D eigenvalue weighted by Crippen LogP contribution is 2.15. The Kier molecular flexibility index (Phi) is 8.84. The van der Waals surface area contributed by atoms with Gasteiger partial charge in [-0.15, -0.1) is 5.06 Å². The number of nitrogens with zero attached hydrogens (tertiary/aromatic N) is 2. The second-order valence-electron chi connectivity index (χ2n) is 7.14. The standard InChI is InChI=1S/C20H28N2O6/c23-16-11-12-17(24)21(16)15-9-7-5-3-1-2-4-6-8-10-20(27)28-22-18(25)13-14-19(22)26/h11-12H,1-10,13-15H2. The zero-order chi connectivity index (χ0) is 20.4. The molecule has 0 atom stereocenters. The molecule has 154 valence electrons. The predicted octanol–water partition coefficient (Wildman–Crippen LogP) is 2.42. The number of hydrogen-bond acceptors (Lipinski definition) is 6. The van der Waals surface area contributed by atoms with Crippen molar-refractivity contribution in [2.75, 3.05) is 6.54 Å². The molecule has 4 amide bonds. The van der Waals surface area contributed by atoms with E-state index in [0.29, 0.717) is 18.0 Å². The SMILES string of the molecule is O=C(CCCCCCCCCCCN1C(=O)C=CC1=O)ON1C(=O)CCC1=O.